The Kier molecular flexibility index (Phi) is 2.03. The molecule has 76 valence electrons. The first-order valence-electron chi connectivity index (χ1n) is 5.18. The molecule has 0 aliphatic heterocycles. The molecule has 0 unspecified atom stereocenters. The Balaban J connectivity index is 2.14. The minimum Gasteiger partial charge on any atom is -0.222 e. The van der Waals surface area contributed by atoms with Crippen LogP contribution in [-0.2, 0) is 12.8 Å². The van der Waals surface area contributed by atoms with Crippen molar-refractivity contribution < 1.29 is 0 Å². The molecule has 2 nitrogen and oxygen atoms in total. The maximum Gasteiger partial charge on any atom is 0.136 e. The van der Waals surface area contributed by atoms with Crippen LogP contribution in [0, 0.1) is 0 Å². The topological polar surface area (TPSA) is 17.8 Å². The molecule has 1 aliphatic rings. The molecule has 1 aromatic heterocycles. The molecule has 3 rings (SSSR count). The summed E-state index contributed by atoms with van der Waals surface area (Å²) >= 11 is 6.30. The minimum absolute atomic E-state index is 0.786. The minimum atomic E-state index is 0.786. The van der Waals surface area contributed by atoms with Crippen LogP contribution in [0.15, 0.2) is 30.3 Å². The molecule has 1 heterocycles. The van der Waals surface area contributed by atoms with E-state index in [4.69, 9.17) is 11.6 Å². The van der Waals surface area contributed by atoms with Crippen molar-refractivity contribution in [2.75, 3.05) is 0 Å². The van der Waals surface area contributed by atoms with Crippen LogP contribution in [-0.4, -0.2) is 9.78 Å². The first kappa shape index (κ1) is 8.98. The molecule has 1 aromatic carbocycles. The van der Waals surface area contributed by atoms with Crippen LogP contribution in [0.5, 0.6) is 0 Å². The van der Waals surface area contributed by atoms with Gasteiger partial charge >= 0.3 is 0 Å². The highest BCUT2D eigenvalue weighted by atomic mass is 35.5. The third-order valence-corrected chi connectivity index (χ3v) is 3.23. The molecule has 0 saturated carbocycles. The van der Waals surface area contributed by atoms with Crippen molar-refractivity contribution in [1.82, 2.24) is 9.78 Å². The van der Waals surface area contributed by atoms with E-state index in [9.17, 15) is 0 Å². The molecule has 0 fully saturated rings. The number of halogens is 1. The SMILES string of the molecule is Clc1c2c(nn1-c1ccccc1)CCC2. The summed E-state index contributed by atoms with van der Waals surface area (Å²) < 4.78 is 1.84. The van der Waals surface area contributed by atoms with Crippen molar-refractivity contribution in [3.63, 3.8) is 0 Å². The van der Waals surface area contributed by atoms with Gasteiger partial charge in [0.05, 0.1) is 11.4 Å². The molecular weight excluding hydrogens is 208 g/mol. The van der Waals surface area contributed by atoms with Crippen molar-refractivity contribution in [3.05, 3.63) is 46.7 Å². The van der Waals surface area contributed by atoms with Crippen LogP contribution < -0.4 is 0 Å². The molecule has 0 bridgehead atoms. The van der Waals surface area contributed by atoms with Gasteiger partial charge in [0.15, 0.2) is 0 Å². The largest absolute Gasteiger partial charge is 0.222 e. The van der Waals surface area contributed by atoms with E-state index in [1.807, 2.05) is 35.0 Å². The summed E-state index contributed by atoms with van der Waals surface area (Å²) in [6.07, 6.45) is 3.32. The zero-order valence-electron chi connectivity index (χ0n) is 8.28. The summed E-state index contributed by atoms with van der Waals surface area (Å²) in [5.41, 5.74) is 3.45. The highest BCUT2D eigenvalue weighted by molar-refractivity contribution is 6.30. The summed E-state index contributed by atoms with van der Waals surface area (Å²) in [7, 11) is 0. The van der Waals surface area contributed by atoms with Crippen molar-refractivity contribution in [2.24, 2.45) is 0 Å². The number of aromatic nitrogens is 2. The van der Waals surface area contributed by atoms with Gasteiger partial charge in [-0.3, -0.25) is 0 Å². The van der Waals surface area contributed by atoms with Gasteiger partial charge in [-0.25, -0.2) is 4.68 Å². The van der Waals surface area contributed by atoms with Gasteiger partial charge in [0.2, 0.25) is 0 Å². The second-order valence-electron chi connectivity index (χ2n) is 3.82. The highest BCUT2D eigenvalue weighted by Crippen LogP contribution is 2.30. The van der Waals surface area contributed by atoms with E-state index in [1.165, 1.54) is 17.7 Å². The maximum absolute atomic E-state index is 6.30. The van der Waals surface area contributed by atoms with Crippen LogP contribution in [0.25, 0.3) is 5.69 Å². The molecule has 0 atom stereocenters. The van der Waals surface area contributed by atoms with Gasteiger partial charge in [-0.1, -0.05) is 29.8 Å². The molecule has 0 amide bonds. The van der Waals surface area contributed by atoms with Crippen molar-refractivity contribution in [2.45, 2.75) is 19.3 Å². The second kappa shape index (κ2) is 3.38. The van der Waals surface area contributed by atoms with Gasteiger partial charge in [0.1, 0.15) is 5.15 Å². The van der Waals surface area contributed by atoms with Crippen LogP contribution >= 0.6 is 11.6 Å². The fourth-order valence-electron chi connectivity index (χ4n) is 2.09. The normalized spacial score (nSPS) is 14.2. The van der Waals surface area contributed by atoms with Crippen molar-refractivity contribution >= 4 is 11.6 Å². The summed E-state index contributed by atoms with van der Waals surface area (Å²) in [6.45, 7) is 0. The van der Waals surface area contributed by atoms with Crippen LogP contribution in [0.1, 0.15) is 17.7 Å². The quantitative estimate of drug-likeness (QED) is 0.720. The summed E-state index contributed by atoms with van der Waals surface area (Å²) in [5.74, 6) is 0. The van der Waals surface area contributed by atoms with Gasteiger partial charge < -0.3 is 0 Å². The Labute approximate surface area is 93.5 Å². The number of rotatable bonds is 1. The molecule has 0 saturated heterocycles. The average Bonchev–Trinajstić information content (AvgIpc) is 2.83. The molecule has 3 heteroatoms. The third kappa shape index (κ3) is 1.37. The molecule has 15 heavy (non-hydrogen) atoms. The molecule has 0 spiro atoms. The van der Waals surface area contributed by atoms with Gasteiger partial charge in [0, 0.05) is 5.56 Å². The predicted molar refractivity (Wildman–Crippen MR) is 60.6 cm³/mol. The number of para-hydroxylation sites is 1. The number of benzene rings is 1. The summed E-state index contributed by atoms with van der Waals surface area (Å²) in [4.78, 5) is 0. The van der Waals surface area contributed by atoms with Crippen LogP contribution in [0.4, 0.5) is 0 Å². The van der Waals surface area contributed by atoms with E-state index < -0.39 is 0 Å². The molecular formula is C12H11ClN2. The fourth-order valence-corrected chi connectivity index (χ4v) is 2.43. The third-order valence-electron chi connectivity index (χ3n) is 2.85. The average molecular weight is 219 g/mol. The lowest BCUT2D eigenvalue weighted by Gasteiger charge is -2.03. The van der Waals surface area contributed by atoms with E-state index >= 15 is 0 Å². The van der Waals surface area contributed by atoms with E-state index in [0.717, 1.165) is 23.7 Å². The van der Waals surface area contributed by atoms with E-state index in [0.29, 0.717) is 0 Å². The lowest BCUT2D eigenvalue weighted by molar-refractivity contribution is 0.801. The number of nitrogens with zero attached hydrogens (tertiary/aromatic N) is 2. The predicted octanol–water partition coefficient (Wildman–Crippen LogP) is 3.01. The van der Waals surface area contributed by atoms with Crippen LogP contribution in [0.2, 0.25) is 5.15 Å². The number of hydrogen-bond acceptors (Lipinski definition) is 1. The first-order chi connectivity index (χ1) is 7.36. The molecule has 0 N–H and O–H groups in total. The monoisotopic (exact) mass is 218 g/mol. The number of fused-ring (bicyclic) bond motifs is 1. The Hall–Kier alpha value is -1.28. The summed E-state index contributed by atoms with van der Waals surface area (Å²) in [5, 5.41) is 5.33. The molecule has 2 aromatic rings. The zero-order chi connectivity index (χ0) is 10.3. The second-order valence-corrected chi connectivity index (χ2v) is 4.17. The zero-order valence-corrected chi connectivity index (χ0v) is 9.04. The lowest BCUT2D eigenvalue weighted by atomic mass is 10.3. The van der Waals surface area contributed by atoms with E-state index in [2.05, 4.69) is 5.10 Å². The van der Waals surface area contributed by atoms with Gasteiger partial charge in [0.25, 0.3) is 0 Å². The highest BCUT2D eigenvalue weighted by Gasteiger charge is 2.21. The fraction of sp³-hybridized carbons (Fsp3) is 0.250. The maximum atomic E-state index is 6.30. The van der Waals surface area contributed by atoms with E-state index in [1.54, 1.807) is 0 Å². The smallest absolute Gasteiger partial charge is 0.136 e. The van der Waals surface area contributed by atoms with E-state index in [-0.39, 0.29) is 0 Å². The molecule has 1 aliphatic carbocycles. The Morgan fingerprint density at radius 2 is 1.93 bits per heavy atom. The number of hydrogen-bond donors (Lipinski definition) is 0. The Morgan fingerprint density at radius 3 is 2.67 bits per heavy atom. The van der Waals surface area contributed by atoms with Crippen LogP contribution in [0.3, 0.4) is 0 Å². The Morgan fingerprint density at radius 1 is 1.13 bits per heavy atom. The lowest BCUT2D eigenvalue weighted by Crippen LogP contribution is -1.97. The Bertz CT molecular complexity index is 488. The van der Waals surface area contributed by atoms with Gasteiger partial charge in [-0.15, -0.1) is 0 Å². The molecule has 0 radical (unpaired) electrons. The van der Waals surface area contributed by atoms with Crippen molar-refractivity contribution in [3.8, 4) is 5.69 Å². The van der Waals surface area contributed by atoms with Crippen molar-refractivity contribution in [1.29, 1.82) is 0 Å². The van der Waals surface area contributed by atoms with Gasteiger partial charge in [-0.2, -0.15) is 5.10 Å². The summed E-state index contributed by atoms with van der Waals surface area (Å²) in [6, 6.07) is 10.0. The van der Waals surface area contributed by atoms with Gasteiger partial charge in [-0.05, 0) is 31.4 Å². The standard InChI is InChI=1S/C12H11ClN2/c13-12-10-7-4-8-11(10)14-15(12)9-5-2-1-3-6-9/h1-3,5-6H,4,7-8H2. The number of aryl methyl sites for hydroxylation is 1. The first-order valence-corrected chi connectivity index (χ1v) is 5.56.